The second kappa shape index (κ2) is 5.50. The number of hydrogen-bond donors (Lipinski definition) is 1. The van der Waals surface area contributed by atoms with Gasteiger partial charge in [0.15, 0.2) is 0 Å². The Bertz CT molecular complexity index is 581. The molecule has 1 aromatic carbocycles. The lowest BCUT2D eigenvalue weighted by Gasteiger charge is -2.08. The molecule has 92 valence electrons. The Morgan fingerprint density at radius 3 is 2.83 bits per heavy atom. The molecular weight excluding hydrogens is 316 g/mol. The Kier molecular flexibility index (Phi) is 3.99. The van der Waals surface area contributed by atoms with Crippen molar-refractivity contribution in [1.29, 1.82) is 0 Å². The Hall–Kier alpha value is -1.39. The van der Waals surface area contributed by atoms with Gasteiger partial charge in [0.25, 0.3) is 5.91 Å². The van der Waals surface area contributed by atoms with Gasteiger partial charge in [0, 0.05) is 21.3 Å². The third-order valence-corrected chi connectivity index (χ3v) is 3.09. The van der Waals surface area contributed by atoms with E-state index in [4.69, 9.17) is 11.6 Å². The normalized spacial score (nSPS) is 10.2. The number of aromatic nitrogens is 1. The second-order valence-electron chi connectivity index (χ2n) is 3.80. The van der Waals surface area contributed by atoms with Gasteiger partial charge in [-0.15, -0.1) is 0 Å². The smallest absolute Gasteiger partial charge is 0.255 e. The van der Waals surface area contributed by atoms with Crippen LogP contribution in [0.15, 0.2) is 41.1 Å². The van der Waals surface area contributed by atoms with Crippen LogP contribution in [-0.4, -0.2) is 10.9 Å². The summed E-state index contributed by atoms with van der Waals surface area (Å²) in [6.07, 6.45) is 3.30. The lowest BCUT2D eigenvalue weighted by Crippen LogP contribution is -2.13. The fraction of sp³-hybridized carbons (Fsp3) is 0.0769. The Balaban J connectivity index is 2.25. The van der Waals surface area contributed by atoms with E-state index in [1.165, 1.54) is 0 Å². The standard InChI is InChI=1S/C13H10BrClN2O/c1-8-2-3-16-7-12(8)17-13(18)9-4-10(14)6-11(15)5-9/h2-7H,1H3,(H,17,18). The molecule has 0 fully saturated rings. The van der Waals surface area contributed by atoms with Gasteiger partial charge in [0.2, 0.25) is 0 Å². The second-order valence-corrected chi connectivity index (χ2v) is 5.15. The van der Waals surface area contributed by atoms with Gasteiger partial charge in [0.1, 0.15) is 0 Å². The maximum Gasteiger partial charge on any atom is 0.255 e. The third kappa shape index (κ3) is 3.09. The van der Waals surface area contributed by atoms with Crippen molar-refractivity contribution in [3.8, 4) is 0 Å². The van der Waals surface area contributed by atoms with Crippen molar-refractivity contribution in [2.45, 2.75) is 6.92 Å². The van der Waals surface area contributed by atoms with Gasteiger partial charge in [-0.3, -0.25) is 9.78 Å². The summed E-state index contributed by atoms with van der Waals surface area (Å²) in [6.45, 7) is 1.91. The molecule has 0 aliphatic heterocycles. The predicted molar refractivity (Wildman–Crippen MR) is 76.1 cm³/mol. The van der Waals surface area contributed by atoms with Crippen LogP contribution in [-0.2, 0) is 0 Å². The molecule has 5 heteroatoms. The molecule has 0 spiro atoms. The highest BCUT2D eigenvalue weighted by atomic mass is 79.9. The number of nitrogens with one attached hydrogen (secondary N) is 1. The number of rotatable bonds is 2. The number of anilines is 1. The monoisotopic (exact) mass is 324 g/mol. The molecule has 0 bridgehead atoms. The molecule has 18 heavy (non-hydrogen) atoms. The highest BCUT2D eigenvalue weighted by molar-refractivity contribution is 9.10. The number of pyridine rings is 1. The number of benzene rings is 1. The lowest BCUT2D eigenvalue weighted by atomic mass is 10.2. The van der Waals surface area contributed by atoms with E-state index in [1.54, 1.807) is 30.6 Å². The Morgan fingerprint density at radius 1 is 1.39 bits per heavy atom. The number of amides is 1. The zero-order chi connectivity index (χ0) is 13.1. The first-order chi connectivity index (χ1) is 8.56. The minimum Gasteiger partial charge on any atom is -0.320 e. The summed E-state index contributed by atoms with van der Waals surface area (Å²) in [5.41, 5.74) is 2.15. The van der Waals surface area contributed by atoms with E-state index >= 15 is 0 Å². The Morgan fingerprint density at radius 2 is 2.17 bits per heavy atom. The average Bonchev–Trinajstić information content (AvgIpc) is 2.31. The zero-order valence-electron chi connectivity index (χ0n) is 9.58. The molecular formula is C13H10BrClN2O. The van der Waals surface area contributed by atoms with Crippen molar-refractivity contribution in [2.24, 2.45) is 0 Å². The van der Waals surface area contributed by atoms with E-state index < -0.39 is 0 Å². The van der Waals surface area contributed by atoms with Crippen LogP contribution < -0.4 is 5.32 Å². The number of aryl methyl sites for hydroxylation is 1. The summed E-state index contributed by atoms with van der Waals surface area (Å²) < 4.78 is 0.767. The highest BCUT2D eigenvalue weighted by Gasteiger charge is 2.09. The van der Waals surface area contributed by atoms with Gasteiger partial charge in [0.05, 0.1) is 11.9 Å². The first-order valence-corrected chi connectivity index (χ1v) is 6.41. The summed E-state index contributed by atoms with van der Waals surface area (Å²) in [6, 6.07) is 6.90. The van der Waals surface area contributed by atoms with Crippen molar-refractivity contribution in [3.05, 3.63) is 57.3 Å². The van der Waals surface area contributed by atoms with Crippen molar-refractivity contribution in [3.63, 3.8) is 0 Å². The van der Waals surface area contributed by atoms with Crippen LogP contribution in [0.25, 0.3) is 0 Å². The lowest BCUT2D eigenvalue weighted by molar-refractivity contribution is 0.102. The maximum atomic E-state index is 12.1. The SMILES string of the molecule is Cc1ccncc1NC(=O)c1cc(Cl)cc(Br)c1. The molecule has 0 aliphatic rings. The summed E-state index contributed by atoms with van der Waals surface area (Å²) in [5.74, 6) is -0.214. The quantitative estimate of drug-likeness (QED) is 0.905. The molecule has 0 aliphatic carbocycles. The molecule has 3 nitrogen and oxygen atoms in total. The number of halogens is 2. The Labute approximate surface area is 118 Å². The minimum atomic E-state index is -0.214. The fourth-order valence-electron chi connectivity index (χ4n) is 1.47. The largest absolute Gasteiger partial charge is 0.320 e. The molecule has 1 amide bonds. The van der Waals surface area contributed by atoms with Crippen molar-refractivity contribution in [2.75, 3.05) is 5.32 Å². The summed E-state index contributed by atoms with van der Waals surface area (Å²) in [5, 5.41) is 3.31. The van der Waals surface area contributed by atoms with Gasteiger partial charge in [-0.25, -0.2) is 0 Å². The molecule has 0 radical (unpaired) electrons. The van der Waals surface area contributed by atoms with Crippen LogP contribution in [0.3, 0.4) is 0 Å². The van der Waals surface area contributed by atoms with Gasteiger partial charge >= 0.3 is 0 Å². The van der Waals surface area contributed by atoms with Crippen LogP contribution >= 0.6 is 27.5 Å². The van der Waals surface area contributed by atoms with Crippen LogP contribution in [0, 0.1) is 6.92 Å². The van der Waals surface area contributed by atoms with Gasteiger partial charge in [-0.1, -0.05) is 27.5 Å². The molecule has 0 saturated carbocycles. The van der Waals surface area contributed by atoms with Crippen LogP contribution in [0.2, 0.25) is 5.02 Å². The predicted octanol–water partition coefficient (Wildman–Crippen LogP) is 4.06. The summed E-state index contributed by atoms with van der Waals surface area (Å²) in [7, 11) is 0. The van der Waals surface area contributed by atoms with Crippen molar-refractivity contribution in [1.82, 2.24) is 4.98 Å². The van der Waals surface area contributed by atoms with Gasteiger partial charge in [-0.05, 0) is 36.8 Å². The van der Waals surface area contributed by atoms with E-state index in [0.29, 0.717) is 16.3 Å². The van der Waals surface area contributed by atoms with E-state index in [0.717, 1.165) is 10.0 Å². The van der Waals surface area contributed by atoms with Gasteiger partial charge in [-0.2, -0.15) is 0 Å². The van der Waals surface area contributed by atoms with E-state index in [-0.39, 0.29) is 5.91 Å². The topological polar surface area (TPSA) is 42.0 Å². The first kappa shape index (κ1) is 13.1. The van der Waals surface area contributed by atoms with Gasteiger partial charge < -0.3 is 5.32 Å². The number of hydrogen-bond acceptors (Lipinski definition) is 2. The molecule has 0 unspecified atom stereocenters. The summed E-state index contributed by atoms with van der Waals surface area (Å²) >= 11 is 9.21. The third-order valence-electron chi connectivity index (χ3n) is 2.41. The fourth-order valence-corrected chi connectivity index (χ4v) is 2.33. The molecule has 0 saturated heterocycles. The molecule has 1 heterocycles. The molecule has 0 atom stereocenters. The van der Waals surface area contributed by atoms with Crippen molar-refractivity contribution < 1.29 is 4.79 Å². The molecule has 2 aromatic rings. The van der Waals surface area contributed by atoms with Crippen LogP contribution in [0.4, 0.5) is 5.69 Å². The summed E-state index contributed by atoms with van der Waals surface area (Å²) in [4.78, 5) is 16.0. The molecule has 2 rings (SSSR count). The molecule has 1 aromatic heterocycles. The van der Waals surface area contributed by atoms with Crippen LogP contribution in [0.1, 0.15) is 15.9 Å². The first-order valence-electron chi connectivity index (χ1n) is 5.24. The van der Waals surface area contributed by atoms with E-state index in [2.05, 4.69) is 26.2 Å². The molecule has 1 N–H and O–H groups in total. The minimum absolute atomic E-state index is 0.214. The van der Waals surface area contributed by atoms with E-state index in [9.17, 15) is 4.79 Å². The highest BCUT2D eigenvalue weighted by Crippen LogP contribution is 2.21. The number of carbonyl (C=O) groups excluding carboxylic acids is 1. The zero-order valence-corrected chi connectivity index (χ0v) is 11.9. The average molecular weight is 326 g/mol. The number of carbonyl (C=O) groups is 1. The maximum absolute atomic E-state index is 12.1. The number of nitrogens with zero attached hydrogens (tertiary/aromatic N) is 1. The van der Waals surface area contributed by atoms with Crippen LogP contribution in [0.5, 0.6) is 0 Å². The van der Waals surface area contributed by atoms with E-state index in [1.807, 2.05) is 13.0 Å². The van der Waals surface area contributed by atoms with Crippen molar-refractivity contribution >= 4 is 39.1 Å².